The van der Waals surface area contributed by atoms with E-state index in [0.29, 0.717) is 13.2 Å². The molecular formula is C15H23N3O2. The van der Waals surface area contributed by atoms with E-state index in [1.807, 2.05) is 19.2 Å². The van der Waals surface area contributed by atoms with Crippen LogP contribution < -0.4 is 15.4 Å². The first kappa shape index (κ1) is 14.7. The summed E-state index contributed by atoms with van der Waals surface area (Å²) in [5.74, 6) is 0.886. The van der Waals surface area contributed by atoms with Gasteiger partial charge in [0.2, 0.25) is 0 Å². The van der Waals surface area contributed by atoms with Crippen molar-refractivity contribution in [2.24, 2.45) is 0 Å². The van der Waals surface area contributed by atoms with Crippen LogP contribution in [0.25, 0.3) is 0 Å². The lowest BCUT2D eigenvalue weighted by Gasteiger charge is -2.19. The van der Waals surface area contributed by atoms with Crippen LogP contribution in [-0.2, 0) is 0 Å². The van der Waals surface area contributed by atoms with Gasteiger partial charge in [-0.1, -0.05) is 17.7 Å². The van der Waals surface area contributed by atoms with Crippen molar-refractivity contribution >= 4 is 6.03 Å². The molecule has 0 saturated carbocycles. The van der Waals surface area contributed by atoms with Gasteiger partial charge in [0.25, 0.3) is 0 Å². The summed E-state index contributed by atoms with van der Waals surface area (Å²) in [7, 11) is 1.94. The van der Waals surface area contributed by atoms with Crippen molar-refractivity contribution in [1.29, 1.82) is 0 Å². The predicted octanol–water partition coefficient (Wildman–Crippen LogP) is 1.68. The minimum absolute atomic E-state index is 0.00122. The molecule has 0 radical (unpaired) electrons. The molecule has 5 nitrogen and oxygen atoms in total. The third-order valence-corrected chi connectivity index (χ3v) is 3.63. The van der Waals surface area contributed by atoms with E-state index in [0.717, 1.165) is 24.4 Å². The lowest BCUT2D eigenvalue weighted by atomic mass is 10.0. The summed E-state index contributed by atoms with van der Waals surface area (Å²) in [4.78, 5) is 13.2. The normalized spacial score (nSPS) is 16.1. The Morgan fingerprint density at radius 1 is 1.50 bits per heavy atom. The lowest BCUT2D eigenvalue weighted by Crippen LogP contribution is -2.32. The number of amides is 2. The van der Waals surface area contributed by atoms with Crippen molar-refractivity contribution < 1.29 is 9.53 Å². The van der Waals surface area contributed by atoms with Crippen LogP contribution in [0.15, 0.2) is 18.2 Å². The Morgan fingerprint density at radius 2 is 2.30 bits per heavy atom. The van der Waals surface area contributed by atoms with Crippen LogP contribution in [0.1, 0.15) is 24.1 Å². The van der Waals surface area contributed by atoms with Gasteiger partial charge in [0.1, 0.15) is 12.4 Å². The Labute approximate surface area is 120 Å². The largest absolute Gasteiger partial charge is 0.491 e. The first-order valence-electron chi connectivity index (χ1n) is 7.05. The Hall–Kier alpha value is -1.75. The van der Waals surface area contributed by atoms with E-state index in [-0.39, 0.29) is 12.1 Å². The molecule has 0 aromatic heterocycles. The molecule has 1 unspecified atom stereocenters. The van der Waals surface area contributed by atoms with Crippen LogP contribution in [0, 0.1) is 6.92 Å². The second-order valence-corrected chi connectivity index (χ2v) is 5.12. The quantitative estimate of drug-likeness (QED) is 0.832. The van der Waals surface area contributed by atoms with E-state index in [4.69, 9.17) is 4.74 Å². The number of benzene rings is 1. The van der Waals surface area contributed by atoms with Crippen LogP contribution in [0.3, 0.4) is 0 Å². The van der Waals surface area contributed by atoms with Gasteiger partial charge < -0.3 is 20.3 Å². The zero-order valence-electron chi connectivity index (χ0n) is 12.4. The average Bonchev–Trinajstić information content (AvgIpc) is 2.85. The van der Waals surface area contributed by atoms with Crippen LogP contribution in [0.4, 0.5) is 4.79 Å². The number of carbonyl (C=O) groups is 1. The third kappa shape index (κ3) is 3.42. The second kappa shape index (κ2) is 6.61. The van der Waals surface area contributed by atoms with Gasteiger partial charge in [0.05, 0.1) is 6.54 Å². The number of ether oxygens (including phenoxy) is 1. The van der Waals surface area contributed by atoms with Gasteiger partial charge in [-0.2, -0.15) is 0 Å². The number of urea groups is 1. The lowest BCUT2D eigenvalue weighted by molar-refractivity contribution is 0.202. The highest BCUT2D eigenvalue weighted by Gasteiger charge is 2.19. The summed E-state index contributed by atoms with van der Waals surface area (Å²) in [6.45, 7) is 6.80. The van der Waals surface area contributed by atoms with Crippen LogP contribution in [0.5, 0.6) is 5.75 Å². The zero-order chi connectivity index (χ0) is 14.5. The fourth-order valence-electron chi connectivity index (χ4n) is 2.28. The average molecular weight is 277 g/mol. The molecule has 0 bridgehead atoms. The van der Waals surface area contributed by atoms with Gasteiger partial charge in [0, 0.05) is 24.7 Å². The topological polar surface area (TPSA) is 53.6 Å². The highest BCUT2D eigenvalue weighted by molar-refractivity contribution is 5.76. The minimum Gasteiger partial charge on any atom is -0.491 e. The smallest absolute Gasteiger partial charge is 0.317 e. The van der Waals surface area contributed by atoms with Gasteiger partial charge in [-0.3, -0.25) is 0 Å². The number of rotatable bonds is 6. The fourth-order valence-corrected chi connectivity index (χ4v) is 2.28. The van der Waals surface area contributed by atoms with E-state index in [1.165, 1.54) is 5.56 Å². The van der Waals surface area contributed by atoms with Gasteiger partial charge >= 0.3 is 6.03 Å². The second-order valence-electron chi connectivity index (χ2n) is 5.12. The van der Waals surface area contributed by atoms with E-state index in [9.17, 15) is 4.79 Å². The molecule has 20 heavy (non-hydrogen) atoms. The molecule has 0 spiro atoms. The molecule has 1 aliphatic rings. The molecule has 5 heteroatoms. The zero-order valence-corrected chi connectivity index (χ0v) is 12.4. The maximum absolute atomic E-state index is 11.4. The highest BCUT2D eigenvalue weighted by Crippen LogP contribution is 2.26. The maximum atomic E-state index is 11.4. The molecule has 110 valence electrons. The van der Waals surface area contributed by atoms with Gasteiger partial charge in [0.15, 0.2) is 0 Å². The first-order chi connectivity index (χ1) is 9.61. The Bertz CT molecular complexity index is 476. The molecule has 1 saturated heterocycles. The molecule has 1 aromatic rings. The van der Waals surface area contributed by atoms with E-state index < -0.39 is 0 Å². The standard InChI is InChI=1S/C15H23N3O2/c1-11-4-5-14(13(10-11)12(2)16-3)20-9-8-18-7-6-17-15(18)19/h4-5,10,12,16H,6-9H2,1-3H3,(H,17,19). The van der Waals surface area contributed by atoms with Crippen molar-refractivity contribution in [3.63, 3.8) is 0 Å². The van der Waals surface area contributed by atoms with Crippen molar-refractivity contribution in [2.45, 2.75) is 19.9 Å². The van der Waals surface area contributed by atoms with Crippen molar-refractivity contribution in [3.8, 4) is 5.75 Å². The van der Waals surface area contributed by atoms with Crippen LogP contribution in [-0.4, -0.2) is 44.2 Å². The molecule has 1 fully saturated rings. The minimum atomic E-state index is 0.00122. The molecule has 1 heterocycles. The Morgan fingerprint density at radius 3 is 2.95 bits per heavy atom. The number of hydrogen-bond acceptors (Lipinski definition) is 3. The summed E-state index contributed by atoms with van der Waals surface area (Å²) in [5, 5.41) is 6.02. The van der Waals surface area contributed by atoms with Crippen molar-refractivity contribution in [1.82, 2.24) is 15.5 Å². The Kier molecular flexibility index (Phi) is 4.84. The van der Waals surface area contributed by atoms with Gasteiger partial charge in [-0.15, -0.1) is 0 Å². The molecule has 2 amide bonds. The SMILES string of the molecule is CNC(C)c1cc(C)ccc1OCCN1CCNC1=O. The third-order valence-electron chi connectivity index (χ3n) is 3.63. The fraction of sp³-hybridized carbons (Fsp3) is 0.533. The van der Waals surface area contributed by atoms with Crippen molar-refractivity contribution in [3.05, 3.63) is 29.3 Å². The summed E-state index contributed by atoms with van der Waals surface area (Å²) < 4.78 is 5.86. The van der Waals surface area contributed by atoms with Gasteiger partial charge in [-0.25, -0.2) is 4.79 Å². The molecule has 0 aliphatic carbocycles. The number of hydrogen-bond donors (Lipinski definition) is 2. The summed E-state index contributed by atoms with van der Waals surface area (Å²) in [6, 6.07) is 6.42. The van der Waals surface area contributed by atoms with Crippen LogP contribution in [0.2, 0.25) is 0 Å². The summed E-state index contributed by atoms with van der Waals surface area (Å²) >= 11 is 0. The predicted molar refractivity (Wildman–Crippen MR) is 79.1 cm³/mol. The molecule has 1 aliphatic heterocycles. The summed E-state index contributed by atoms with van der Waals surface area (Å²) in [5.41, 5.74) is 2.37. The monoisotopic (exact) mass is 277 g/mol. The number of aryl methyl sites for hydroxylation is 1. The molecular weight excluding hydrogens is 254 g/mol. The highest BCUT2D eigenvalue weighted by atomic mass is 16.5. The summed E-state index contributed by atoms with van der Waals surface area (Å²) in [6.07, 6.45) is 0. The molecule has 1 aromatic carbocycles. The molecule has 2 N–H and O–H groups in total. The number of nitrogens with one attached hydrogen (secondary N) is 2. The van der Waals surface area contributed by atoms with E-state index in [1.54, 1.807) is 4.90 Å². The van der Waals surface area contributed by atoms with Crippen LogP contribution >= 0.6 is 0 Å². The van der Waals surface area contributed by atoms with E-state index in [2.05, 4.69) is 30.5 Å². The molecule has 2 rings (SSSR count). The van der Waals surface area contributed by atoms with E-state index >= 15 is 0 Å². The Balaban J connectivity index is 1.96. The molecule has 1 atom stereocenters. The first-order valence-corrected chi connectivity index (χ1v) is 7.05. The van der Waals surface area contributed by atoms with Crippen molar-refractivity contribution in [2.75, 3.05) is 33.3 Å². The number of carbonyl (C=O) groups excluding carboxylic acids is 1. The number of nitrogens with zero attached hydrogens (tertiary/aromatic N) is 1. The van der Waals surface area contributed by atoms with Gasteiger partial charge in [-0.05, 0) is 27.0 Å². The maximum Gasteiger partial charge on any atom is 0.317 e.